The van der Waals surface area contributed by atoms with Crippen molar-refractivity contribution in [3.63, 3.8) is 0 Å². The Morgan fingerprint density at radius 3 is 1.95 bits per heavy atom. The summed E-state index contributed by atoms with van der Waals surface area (Å²) in [6, 6.07) is -0.185. The third-order valence-corrected chi connectivity index (χ3v) is 5.05. The van der Waals surface area contributed by atoms with Gasteiger partial charge in [-0.1, -0.05) is 26.2 Å². The molecule has 5 nitrogen and oxygen atoms in total. The van der Waals surface area contributed by atoms with E-state index in [1.807, 2.05) is 0 Å². The largest absolute Gasteiger partial charge is 0.481 e. The molecular formula is C15H26N2O3. The first-order valence-corrected chi connectivity index (χ1v) is 7.81. The van der Waals surface area contributed by atoms with Crippen molar-refractivity contribution in [3.05, 3.63) is 0 Å². The Morgan fingerprint density at radius 1 is 0.950 bits per heavy atom. The zero-order valence-corrected chi connectivity index (χ0v) is 12.3. The summed E-state index contributed by atoms with van der Waals surface area (Å²) < 4.78 is 0. The molecule has 2 amide bonds. The topological polar surface area (TPSA) is 78.4 Å². The van der Waals surface area contributed by atoms with E-state index >= 15 is 0 Å². The molecular weight excluding hydrogens is 256 g/mol. The second kappa shape index (κ2) is 6.02. The molecule has 2 aliphatic rings. The van der Waals surface area contributed by atoms with Crippen molar-refractivity contribution in [2.75, 3.05) is 0 Å². The van der Waals surface area contributed by atoms with E-state index < -0.39 is 11.5 Å². The van der Waals surface area contributed by atoms with Crippen molar-refractivity contribution in [2.45, 2.75) is 82.2 Å². The number of amides is 2. The van der Waals surface area contributed by atoms with Crippen molar-refractivity contribution in [2.24, 2.45) is 0 Å². The molecule has 20 heavy (non-hydrogen) atoms. The second-order valence-corrected chi connectivity index (χ2v) is 6.48. The van der Waals surface area contributed by atoms with Crippen LogP contribution in [-0.4, -0.2) is 28.2 Å². The molecule has 0 saturated heterocycles. The summed E-state index contributed by atoms with van der Waals surface area (Å²) in [5.74, 6) is -0.832. The number of carbonyl (C=O) groups excluding carboxylic acids is 1. The molecule has 114 valence electrons. The molecule has 0 bridgehead atoms. The average Bonchev–Trinajstić information content (AvgIpc) is 2.33. The first-order valence-electron chi connectivity index (χ1n) is 7.81. The van der Waals surface area contributed by atoms with Gasteiger partial charge in [0.05, 0.1) is 12.0 Å². The van der Waals surface area contributed by atoms with Gasteiger partial charge in [0, 0.05) is 5.54 Å². The summed E-state index contributed by atoms with van der Waals surface area (Å²) in [4.78, 5) is 23.3. The lowest BCUT2D eigenvalue weighted by atomic mass is 9.75. The van der Waals surface area contributed by atoms with Crippen LogP contribution >= 0.6 is 0 Å². The fourth-order valence-electron chi connectivity index (χ4n) is 3.55. The Morgan fingerprint density at radius 2 is 1.50 bits per heavy atom. The Balaban J connectivity index is 1.96. The van der Waals surface area contributed by atoms with Crippen LogP contribution in [0.1, 0.15) is 71.1 Å². The monoisotopic (exact) mass is 282 g/mol. The first-order chi connectivity index (χ1) is 9.49. The maximum atomic E-state index is 12.3. The van der Waals surface area contributed by atoms with Crippen LogP contribution in [0.2, 0.25) is 0 Å². The molecule has 0 aromatic rings. The van der Waals surface area contributed by atoms with E-state index in [2.05, 4.69) is 17.6 Å². The number of hydrogen-bond donors (Lipinski definition) is 3. The second-order valence-electron chi connectivity index (χ2n) is 6.48. The molecule has 0 heterocycles. The summed E-state index contributed by atoms with van der Waals surface area (Å²) in [5.41, 5.74) is -0.601. The van der Waals surface area contributed by atoms with E-state index in [-0.39, 0.29) is 18.0 Å². The van der Waals surface area contributed by atoms with Gasteiger partial charge in [-0.3, -0.25) is 4.79 Å². The van der Waals surface area contributed by atoms with Crippen molar-refractivity contribution in [3.8, 4) is 0 Å². The van der Waals surface area contributed by atoms with Gasteiger partial charge in [-0.15, -0.1) is 0 Å². The highest BCUT2D eigenvalue weighted by atomic mass is 16.4. The van der Waals surface area contributed by atoms with Crippen LogP contribution in [0.15, 0.2) is 0 Å². The Kier molecular flexibility index (Phi) is 4.55. The van der Waals surface area contributed by atoms with Crippen molar-refractivity contribution in [1.29, 1.82) is 0 Å². The summed E-state index contributed by atoms with van der Waals surface area (Å²) in [6.45, 7) is 2.09. The molecule has 0 aromatic heterocycles. The van der Waals surface area contributed by atoms with Gasteiger partial charge in [0.25, 0.3) is 0 Å². The van der Waals surface area contributed by atoms with Gasteiger partial charge in [-0.25, -0.2) is 4.79 Å². The number of urea groups is 1. The summed E-state index contributed by atoms with van der Waals surface area (Å²) in [6.07, 6.45) is 8.84. The van der Waals surface area contributed by atoms with Gasteiger partial charge in [0.2, 0.25) is 0 Å². The number of carbonyl (C=O) groups is 2. The van der Waals surface area contributed by atoms with Crippen LogP contribution in [0, 0.1) is 0 Å². The highest BCUT2D eigenvalue weighted by Gasteiger charge is 2.40. The van der Waals surface area contributed by atoms with Gasteiger partial charge in [-0.05, 0) is 38.5 Å². The third-order valence-electron chi connectivity index (χ3n) is 5.05. The van der Waals surface area contributed by atoms with Gasteiger partial charge in [0.15, 0.2) is 0 Å². The normalized spacial score (nSPS) is 23.4. The minimum Gasteiger partial charge on any atom is -0.481 e. The molecule has 2 saturated carbocycles. The number of hydrogen-bond acceptors (Lipinski definition) is 2. The van der Waals surface area contributed by atoms with E-state index in [1.165, 1.54) is 0 Å². The lowest BCUT2D eigenvalue weighted by Crippen LogP contribution is -2.61. The van der Waals surface area contributed by atoms with Crippen LogP contribution in [0.25, 0.3) is 0 Å². The Hall–Kier alpha value is -1.26. The summed E-state index contributed by atoms with van der Waals surface area (Å²) in [7, 11) is 0. The Labute approximate surface area is 120 Å². The van der Waals surface area contributed by atoms with Crippen molar-refractivity contribution in [1.82, 2.24) is 10.6 Å². The van der Waals surface area contributed by atoms with Crippen LogP contribution in [0.5, 0.6) is 0 Å². The highest BCUT2D eigenvalue weighted by Crippen LogP contribution is 2.35. The quantitative estimate of drug-likeness (QED) is 0.725. The zero-order chi connectivity index (χ0) is 14.6. The smallest absolute Gasteiger partial charge is 0.315 e. The summed E-state index contributed by atoms with van der Waals surface area (Å²) in [5, 5.41) is 15.2. The number of rotatable bonds is 5. The molecule has 0 aliphatic heterocycles. The van der Waals surface area contributed by atoms with Gasteiger partial charge in [-0.2, -0.15) is 0 Å². The highest BCUT2D eigenvalue weighted by molar-refractivity contribution is 5.77. The maximum absolute atomic E-state index is 12.3. The average molecular weight is 282 g/mol. The molecule has 2 fully saturated rings. The fraction of sp³-hybridized carbons (Fsp3) is 0.867. The lowest BCUT2D eigenvalue weighted by molar-refractivity contribution is -0.139. The lowest BCUT2D eigenvalue weighted by Gasteiger charge is -2.44. The first kappa shape index (κ1) is 15.1. The molecule has 0 spiro atoms. The van der Waals surface area contributed by atoms with Crippen LogP contribution < -0.4 is 10.6 Å². The SMILES string of the molecule is CCC1(NC(=O)NC2(CC(=O)O)CCCCC2)CCC1. The van der Waals surface area contributed by atoms with E-state index in [1.54, 1.807) is 0 Å². The molecule has 3 N–H and O–H groups in total. The van der Waals surface area contributed by atoms with Crippen LogP contribution in [0.4, 0.5) is 4.79 Å². The van der Waals surface area contributed by atoms with Crippen LogP contribution in [0.3, 0.4) is 0 Å². The number of carboxylic acid groups (broad SMARTS) is 1. The van der Waals surface area contributed by atoms with Crippen molar-refractivity contribution < 1.29 is 14.7 Å². The third kappa shape index (κ3) is 3.44. The predicted molar refractivity (Wildman–Crippen MR) is 76.6 cm³/mol. The minimum absolute atomic E-state index is 0.0273. The maximum Gasteiger partial charge on any atom is 0.315 e. The van der Waals surface area contributed by atoms with E-state index in [0.29, 0.717) is 0 Å². The summed E-state index contributed by atoms with van der Waals surface area (Å²) >= 11 is 0. The predicted octanol–water partition coefficient (Wildman–Crippen LogP) is 2.80. The zero-order valence-electron chi connectivity index (χ0n) is 12.3. The minimum atomic E-state index is -0.832. The van der Waals surface area contributed by atoms with Crippen molar-refractivity contribution >= 4 is 12.0 Å². The molecule has 2 aliphatic carbocycles. The van der Waals surface area contributed by atoms with E-state index in [0.717, 1.165) is 57.8 Å². The molecule has 0 atom stereocenters. The molecule has 2 rings (SSSR count). The van der Waals surface area contributed by atoms with Gasteiger partial charge in [0.1, 0.15) is 0 Å². The van der Waals surface area contributed by atoms with E-state index in [9.17, 15) is 9.59 Å². The molecule has 0 aromatic carbocycles. The van der Waals surface area contributed by atoms with Crippen LogP contribution in [-0.2, 0) is 4.79 Å². The fourth-order valence-corrected chi connectivity index (χ4v) is 3.55. The standard InChI is InChI=1S/C15H26N2O3/c1-2-14(9-6-10-14)16-13(20)17-15(11-12(18)19)7-4-3-5-8-15/h2-11H2,1H3,(H,18,19)(H2,16,17,20). The Bertz CT molecular complexity index is 366. The van der Waals surface area contributed by atoms with Gasteiger partial charge < -0.3 is 15.7 Å². The number of nitrogens with one attached hydrogen (secondary N) is 2. The molecule has 0 radical (unpaired) electrons. The number of carboxylic acids is 1. The molecule has 5 heteroatoms. The van der Waals surface area contributed by atoms with E-state index in [4.69, 9.17) is 5.11 Å². The number of aliphatic carboxylic acids is 1. The van der Waals surface area contributed by atoms with Gasteiger partial charge >= 0.3 is 12.0 Å². The molecule has 0 unspecified atom stereocenters.